The Kier molecular flexibility index (Phi) is 5.32. The van der Waals surface area contributed by atoms with Crippen molar-refractivity contribution in [3.8, 4) is 0 Å². The maximum atomic E-state index is 4.42. The lowest BCUT2D eigenvalue weighted by Crippen LogP contribution is -2.18. The van der Waals surface area contributed by atoms with Crippen molar-refractivity contribution in [3.63, 3.8) is 0 Å². The molecule has 0 aromatic carbocycles. The number of hydrogen-bond acceptors (Lipinski definition) is 2. The number of nitrogens with zero attached hydrogens (tertiary/aromatic N) is 2. The third-order valence-electron chi connectivity index (χ3n) is 2.01. The lowest BCUT2D eigenvalue weighted by molar-refractivity contribution is 0.400. The highest BCUT2D eigenvalue weighted by molar-refractivity contribution is 4.77. The topological polar surface area (TPSA) is 24.7 Å². The first-order valence-corrected chi connectivity index (χ1v) is 5.71. The molecule has 0 rings (SSSR count). The molecule has 0 heterocycles. The van der Waals surface area contributed by atoms with Gasteiger partial charge in [0.1, 0.15) is 0 Å². The first-order chi connectivity index (χ1) is 6.27. The van der Waals surface area contributed by atoms with Crippen molar-refractivity contribution in [3.05, 3.63) is 0 Å². The Morgan fingerprint density at radius 1 is 0.857 bits per heavy atom. The molecule has 0 spiro atoms. The van der Waals surface area contributed by atoms with E-state index >= 15 is 0 Å². The molecule has 0 aliphatic carbocycles. The van der Waals surface area contributed by atoms with Gasteiger partial charge in [-0.1, -0.05) is 26.2 Å². The van der Waals surface area contributed by atoms with Crippen LogP contribution in [0.15, 0.2) is 10.2 Å². The van der Waals surface area contributed by atoms with Gasteiger partial charge in [0.05, 0.1) is 11.1 Å². The normalized spacial score (nSPS) is 13.9. The number of hydrogen-bond donors (Lipinski definition) is 0. The molecule has 2 nitrogen and oxygen atoms in total. The van der Waals surface area contributed by atoms with E-state index < -0.39 is 0 Å². The minimum absolute atomic E-state index is 0.0163. The Morgan fingerprint density at radius 2 is 1.43 bits per heavy atom. The average Bonchev–Trinajstić information content (AvgIpc) is 2.00. The Morgan fingerprint density at radius 3 is 1.86 bits per heavy atom. The van der Waals surface area contributed by atoms with E-state index in [1.165, 1.54) is 19.3 Å². The Labute approximate surface area is 89.2 Å². The summed E-state index contributed by atoms with van der Waals surface area (Å²) in [6.07, 6.45) is 4.97. The molecule has 0 aromatic heterocycles. The van der Waals surface area contributed by atoms with E-state index in [0.29, 0.717) is 0 Å². The van der Waals surface area contributed by atoms with Crippen LogP contribution in [0.4, 0.5) is 0 Å². The maximum absolute atomic E-state index is 4.42. The van der Waals surface area contributed by atoms with Crippen molar-refractivity contribution in [1.82, 2.24) is 0 Å². The van der Waals surface area contributed by atoms with Crippen molar-refractivity contribution in [2.24, 2.45) is 10.2 Å². The maximum Gasteiger partial charge on any atom is 0.0760 e. The van der Waals surface area contributed by atoms with Crippen molar-refractivity contribution >= 4 is 0 Å². The lowest BCUT2D eigenvalue weighted by Gasteiger charge is -2.20. The third kappa shape index (κ3) is 8.21. The fourth-order valence-electron chi connectivity index (χ4n) is 1.14. The Hall–Kier alpha value is -0.400. The second kappa shape index (κ2) is 5.47. The zero-order valence-corrected chi connectivity index (χ0v) is 10.7. The summed E-state index contributed by atoms with van der Waals surface area (Å²) in [5.41, 5.74) is -0.0233. The number of unbranched alkanes of at least 4 members (excludes halogenated alkanes) is 2. The lowest BCUT2D eigenvalue weighted by atomic mass is 9.98. The fraction of sp³-hybridized carbons (Fsp3) is 1.00. The van der Waals surface area contributed by atoms with Gasteiger partial charge in [-0.3, -0.25) is 0 Å². The summed E-state index contributed by atoms with van der Waals surface area (Å²) in [5, 5.41) is 8.76. The molecular formula is C12H26N2. The second-order valence-corrected chi connectivity index (χ2v) is 5.64. The molecule has 0 aliphatic rings. The SMILES string of the molecule is CCCCCC(C)(C)N=NC(C)(C)C. The van der Waals surface area contributed by atoms with Crippen molar-refractivity contribution in [2.45, 2.75) is 78.3 Å². The first-order valence-electron chi connectivity index (χ1n) is 5.71. The second-order valence-electron chi connectivity index (χ2n) is 5.64. The van der Waals surface area contributed by atoms with Gasteiger partial charge in [-0.05, 0) is 41.0 Å². The van der Waals surface area contributed by atoms with Gasteiger partial charge in [-0.25, -0.2) is 0 Å². The summed E-state index contributed by atoms with van der Waals surface area (Å²) in [5.74, 6) is 0. The predicted molar refractivity (Wildman–Crippen MR) is 62.8 cm³/mol. The standard InChI is InChI=1S/C12H26N2/c1-7-8-9-10-12(5,6)14-13-11(2,3)4/h7-10H2,1-6H3. The van der Waals surface area contributed by atoms with Crippen molar-refractivity contribution in [1.29, 1.82) is 0 Å². The molecule has 14 heavy (non-hydrogen) atoms. The largest absolute Gasteiger partial charge is 0.188 e. The Balaban J connectivity index is 4.00. The molecule has 0 fully saturated rings. The summed E-state index contributed by atoms with van der Waals surface area (Å²) in [6, 6.07) is 0. The van der Waals surface area contributed by atoms with Gasteiger partial charge in [-0.15, -0.1) is 0 Å². The van der Waals surface area contributed by atoms with Gasteiger partial charge in [-0.2, -0.15) is 10.2 Å². The zero-order chi connectivity index (χ0) is 11.2. The summed E-state index contributed by atoms with van der Waals surface area (Å²) < 4.78 is 0. The highest BCUT2D eigenvalue weighted by atomic mass is 15.2. The van der Waals surface area contributed by atoms with E-state index in [9.17, 15) is 0 Å². The van der Waals surface area contributed by atoms with E-state index in [0.717, 1.165) is 6.42 Å². The van der Waals surface area contributed by atoms with Crippen LogP contribution < -0.4 is 0 Å². The number of rotatable bonds is 5. The molecule has 0 saturated carbocycles. The quantitative estimate of drug-likeness (QED) is 0.456. The highest BCUT2D eigenvalue weighted by Crippen LogP contribution is 2.21. The van der Waals surface area contributed by atoms with Gasteiger partial charge in [0.25, 0.3) is 0 Å². The monoisotopic (exact) mass is 198 g/mol. The van der Waals surface area contributed by atoms with Gasteiger partial charge in [0.15, 0.2) is 0 Å². The summed E-state index contributed by atoms with van der Waals surface area (Å²) in [7, 11) is 0. The van der Waals surface area contributed by atoms with Crippen LogP contribution in [0.2, 0.25) is 0 Å². The first kappa shape index (κ1) is 13.6. The number of azo groups is 1. The van der Waals surface area contributed by atoms with E-state index in [4.69, 9.17) is 0 Å². The molecule has 2 heteroatoms. The van der Waals surface area contributed by atoms with Crippen LogP contribution in [-0.4, -0.2) is 11.1 Å². The van der Waals surface area contributed by atoms with E-state index in [1.54, 1.807) is 0 Å². The van der Waals surface area contributed by atoms with Crippen LogP contribution in [0, 0.1) is 0 Å². The zero-order valence-electron chi connectivity index (χ0n) is 10.7. The van der Waals surface area contributed by atoms with Crippen molar-refractivity contribution < 1.29 is 0 Å². The molecule has 0 radical (unpaired) electrons. The highest BCUT2D eigenvalue weighted by Gasteiger charge is 2.17. The summed E-state index contributed by atoms with van der Waals surface area (Å²) >= 11 is 0. The van der Waals surface area contributed by atoms with Crippen LogP contribution in [0.25, 0.3) is 0 Å². The summed E-state index contributed by atoms with van der Waals surface area (Å²) in [6.45, 7) is 12.8. The van der Waals surface area contributed by atoms with Crippen LogP contribution in [0.5, 0.6) is 0 Å². The van der Waals surface area contributed by atoms with Crippen LogP contribution >= 0.6 is 0 Å². The van der Waals surface area contributed by atoms with Crippen LogP contribution in [0.3, 0.4) is 0 Å². The molecule has 0 atom stereocenters. The van der Waals surface area contributed by atoms with Gasteiger partial charge >= 0.3 is 0 Å². The molecular weight excluding hydrogens is 172 g/mol. The smallest absolute Gasteiger partial charge is 0.0760 e. The molecule has 0 saturated heterocycles. The molecule has 0 bridgehead atoms. The molecule has 0 N–H and O–H groups in total. The Bertz CT molecular complexity index is 175. The minimum atomic E-state index is -0.0397. The van der Waals surface area contributed by atoms with E-state index in [-0.39, 0.29) is 11.1 Å². The van der Waals surface area contributed by atoms with Gasteiger partial charge < -0.3 is 0 Å². The molecule has 0 aromatic rings. The molecule has 0 unspecified atom stereocenters. The van der Waals surface area contributed by atoms with Gasteiger partial charge in [0, 0.05) is 0 Å². The summed E-state index contributed by atoms with van der Waals surface area (Å²) in [4.78, 5) is 0. The van der Waals surface area contributed by atoms with Crippen molar-refractivity contribution in [2.75, 3.05) is 0 Å². The van der Waals surface area contributed by atoms with Gasteiger partial charge in [0.2, 0.25) is 0 Å². The van der Waals surface area contributed by atoms with E-state index in [1.807, 2.05) is 0 Å². The third-order valence-corrected chi connectivity index (χ3v) is 2.01. The fourth-order valence-corrected chi connectivity index (χ4v) is 1.14. The van der Waals surface area contributed by atoms with Crippen LogP contribution in [0.1, 0.15) is 67.2 Å². The van der Waals surface area contributed by atoms with Crippen LogP contribution in [-0.2, 0) is 0 Å². The molecule has 0 amide bonds. The molecule has 0 aliphatic heterocycles. The van der Waals surface area contributed by atoms with E-state index in [2.05, 4.69) is 51.8 Å². The minimum Gasteiger partial charge on any atom is -0.188 e. The average molecular weight is 198 g/mol. The predicted octanol–water partition coefficient (Wildman–Crippen LogP) is 4.60. The molecule has 84 valence electrons.